The monoisotopic (exact) mass is 616 g/mol. The van der Waals surface area contributed by atoms with E-state index < -0.39 is 29.9 Å². The van der Waals surface area contributed by atoms with E-state index in [0.717, 1.165) is 12.3 Å². The van der Waals surface area contributed by atoms with Crippen LogP contribution in [0, 0.1) is 6.92 Å². The summed E-state index contributed by atoms with van der Waals surface area (Å²) in [6, 6.07) is 0.848. The Kier molecular flexibility index (Phi) is 9.81. The van der Waals surface area contributed by atoms with Crippen molar-refractivity contribution in [2.24, 2.45) is 5.73 Å². The van der Waals surface area contributed by atoms with Crippen LogP contribution in [0.5, 0.6) is 0 Å². The summed E-state index contributed by atoms with van der Waals surface area (Å²) in [5.74, 6) is -0.230. The summed E-state index contributed by atoms with van der Waals surface area (Å²) in [6.45, 7) is 5.50. The number of carbonyl (C=O) groups is 3. The molecule has 0 radical (unpaired) electrons. The number of hydrogen-bond acceptors (Lipinski definition) is 9. The number of unbranched alkanes of at least 4 members (excludes halogenated alkanes) is 1. The summed E-state index contributed by atoms with van der Waals surface area (Å²) in [6.07, 6.45) is 1.40. The fourth-order valence-electron chi connectivity index (χ4n) is 4.61. The van der Waals surface area contributed by atoms with Crippen molar-refractivity contribution in [3.63, 3.8) is 0 Å². The number of aromatic nitrogens is 5. The van der Waals surface area contributed by atoms with Crippen LogP contribution in [0.1, 0.15) is 55.6 Å². The molecule has 0 fully saturated rings. The van der Waals surface area contributed by atoms with Crippen molar-refractivity contribution in [2.45, 2.75) is 71.4 Å². The highest BCUT2D eigenvalue weighted by molar-refractivity contribution is 6.03. The lowest BCUT2D eigenvalue weighted by Crippen LogP contribution is -2.46. The summed E-state index contributed by atoms with van der Waals surface area (Å²) >= 11 is 0. The van der Waals surface area contributed by atoms with Crippen LogP contribution >= 0.6 is 0 Å². The average molecular weight is 617 g/mol. The zero-order valence-electron chi connectivity index (χ0n) is 24.9. The largest absolute Gasteiger partial charge is 0.433 e. The maximum atomic E-state index is 13.7. The molecule has 0 aliphatic carbocycles. The van der Waals surface area contributed by atoms with Crippen LogP contribution in [0.15, 0.2) is 30.7 Å². The van der Waals surface area contributed by atoms with E-state index in [0.29, 0.717) is 54.1 Å². The molecule has 3 amide bonds. The van der Waals surface area contributed by atoms with Crippen molar-refractivity contribution in [2.75, 3.05) is 28.7 Å². The first-order valence-corrected chi connectivity index (χ1v) is 14.0. The number of fused-ring (bicyclic) bond motifs is 1. The van der Waals surface area contributed by atoms with Crippen LogP contribution in [0.4, 0.5) is 30.6 Å². The van der Waals surface area contributed by atoms with E-state index in [-0.39, 0.29) is 30.9 Å². The van der Waals surface area contributed by atoms with E-state index in [4.69, 9.17) is 5.73 Å². The summed E-state index contributed by atoms with van der Waals surface area (Å²) in [7, 11) is 1.73. The zero-order valence-corrected chi connectivity index (χ0v) is 24.9. The molecule has 2 atom stereocenters. The van der Waals surface area contributed by atoms with Gasteiger partial charge in [-0.15, -0.1) is 0 Å². The summed E-state index contributed by atoms with van der Waals surface area (Å²) in [4.78, 5) is 53.0. The van der Waals surface area contributed by atoms with Crippen molar-refractivity contribution >= 4 is 35.2 Å². The van der Waals surface area contributed by atoms with Gasteiger partial charge in [0, 0.05) is 38.5 Å². The second-order valence-electron chi connectivity index (χ2n) is 10.7. The molecule has 1 aliphatic rings. The van der Waals surface area contributed by atoms with Gasteiger partial charge in [0.25, 0.3) is 0 Å². The molecule has 44 heavy (non-hydrogen) atoms. The number of nitrogens with one attached hydrogen (secondary N) is 2. The average Bonchev–Trinajstić information content (AvgIpc) is 3.41. The quantitative estimate of drug-likeness (QED) is 0.275. The van der Waals surface area contributed by atoms with Gasteiger partial charge in [-0.2, -0.15) is 23.3 Å². The molecule has 0 saturated carbocycles. The molecule has 0 aromatic carbocycles. The molecule has 4 N–H and O–H groups in total. The molecule has 1 aliphatic heterocycles. The summed E-state index contributed by atoms with van der Waals surface area (Å²) in [5.41, 5.74) is 7.38. The summed E-state index contributed by atoms with van der Waals surface area (Å²) in [5, 5.41) is 9.83. The van der Waals surface area contributed by atoms with Crippen molar-refractivity contribution in [1.82, 2.24) is 30.0 Å². The topological polar surface area (TPSA) is 164 Å². The lowest BCUT2D eigenvalue weighted by Gasteiger charge is -2.33. The fraction of sp³-hybridized carbons (Fsp3) is 0.464. The fourth-order valence-corrected chi connectivity index (χ4v) is 4.61. The number of nitrogens with zero attached hydrogens (tertiary/aromatic N) is 7. The van der Waals surface area contributed by atoms with Crippen molar-refractivity contribution in [1.29, 1.82) is 0 Å². The van der Waals surface area contributed by atoms with Gasteiger partial charge in [0.05, 0.1) is 31.0 Å². The number of pyridine rings is 1. The normalized spacial score (nSPS) is 15.4. The third-order valence-electron chi connectivity index (χ3n) is 7.23. The summed E-state index contributed by atoms with van der Waals surface area (Å²) < 4.78 is 40.1. The minimum absolute atomic E-state index is 0.00748. The standard InChI is InChI=1S/C28H35F3N10O3/c1-16-23-24(39(4)17(2)25(43)37-23)38-27(36-16)41(26(44)21(32)7-5-6-10-33-18(3)42)15-20-12-35-40(14-20)13-19-8-9-22(34-11-19)28(29,30)31/h8-9,11-12,14,17,21H,5-7,10,13,15,32H2,1-4H3,(H,33,42)(H,37,43). The minimum atomic E-state index is -4.53. The number of aryl methyl sites for hydroxylation is 1. The molecule has 4 rings (SSSR count). The molecular formula is C28H35F3N10O3. The molecular weight excluding hydrogens is 581 g/mol. The van der Waals surface area contributed by atoms with Crippen LogP contribution in [0.25, 0.3) is 0 Å². The predicted molar refractivity (Wildman–Crippen MR) is 156 cm³/mol. The molecule has 13 nitrogen and oxygen atoms in total. The molecule has 4 heterocycles. The van der Waals surface area contributed by atoms with Gasteiger partial charge in [0.1, 0.15) is 17.4 Å². The number of amides is 3. The molecule has 3 aromatic rings. The van der Waals surface area contributed by atoms with Gasteiger partial charge in [-0.05, 0) is 44.7 Å². The number of nitrogens with two attached hydrogens (primary N) is 1. The highest BCUT2D eigenvalue weighted by Crippen LogP contribution is 2.33. The third kappa shape index (κ3) is 7.67. The van der Waals surface area contributed by atoms with E-state index in [2.05, 4.69) is 30.7 Å². The number of halogens is 3. The maximum Gasteiger partial charge on any atom is 0.433 e. The molecule has 236 valence electrons. The zero-order chi connectivity index (χ0) is 32.2. The Bertz CT molecular complexity index is 1510. The first kappa shape index (κ1) is 32.3. The van der Waals surface area contributed by atoms with Crippen LogP contribution in [-0.2, 0) is 33.6 Å². The first-order valence-electron chi connectivity index (χ1n) is 14.0. The number of hydrogen-bond donors (Lipinski definition) is 3. The lowest BCUT2D eigenvalue weighted by molar-refractivity contribution is -0.141. The molecule has 2 unspecified atom stereocenters. The van der Waals surface area contributed by atoms with E-state index in [1.54, 1.807) is 32.0 Å². The van der Waals surface area contributed by atoms with Crippen LogP contribution < -0.4 is 26.2 Å². The van der Waals surface area contributed by atoms with E-state index in [1.165, 1.54) is 28.8 Å². The van der Waals surface area contributed by atoms with Crippen LogP contribution in [0.2, 0.25) is 0 Å². The van der Waals surface area contributed by atoms with Gasteiger partial charge in [-0.3, -0.25) is 28.9 Å². The van der Waals surface area contributed by atoms with Gasteiger partial charge in [-0.25, -0.2) is 4.98 Å². The highest BCUT2D eigenvalue weighted by Gasteiger charge is 2.33. The first-order chi connectivity index (χ1) is 20.7. The Labute approximate surface area is 252 Å². The van der Waals surface area contributed by atoms with Gasteiger partial charge < -0.3 is 21.3 Å². The molecule has 0 bridgehead atoms. The second-order valence-corrected chi connectivity index (χ2v) is 10.7. The Morgan fingerprint density at radius 1 is 1.18 bits per heavy atom. The van der Waals surface area contributed by atoms with E-state index in [9.17, 15) is 27.6 Å². The SMILES string of the molecule is CC(=O)NCCCCC(N)C(=O)N(Cc1cnn(Cc2ccc(C(F)(F)F)nc2)c1)c1nc(C)c2c(n1)N(C)C(C)C(=O)N2. The number of likely N-dealkylation sites (N-methyl/N-ethyl adjacent to an activating group) is 1. The number of anilines is 3. The molecule has 0 spiro atoms. The van der Waals surface area contributed by atoms with Gasteiger partial charge >= 0.3 is 6.18 Å². The van der Waals surface area contributed by atoms with E-state index >= 15 is 0 Å². The Morgan fingerprint density at radius 2 is 1.93 bits per heavy atom. The Balaban J connectivity index is 1.57. The molecule has 3 aromatic heterocycles. The highest BCUT2D eigenvalue weighted by atomic mass is 19.4. The minimum Gasteiger partial charge on any atom is -0.356 e. The van der Waals surface area contributed by atoms with Gasteiger partial charge in [-0.1, -0.05) is 6.07 Å². The molecule has 16 heteroatoms. The van der Waals surface area contributed by atoms with Gasteiger partial charge in [0.2, 0.25) is 23.7 Å². The second kappa shape index (κ2) is 13.4. The number of rotatable bonds is 11. The number of carbonyl (C=O) groups excluding carboxylic acids is 3. The van der Waals surface area contributed by atoms with Crippen molar-refractivity contribution in [3.05, 3.63) is 53.2 Å². The van der Waals surface area contributed by atoms with Crippen LogP contribution in [0.3, 0.4) is 0 Å². The van der Waals surface area contributed by atoms with Crippen molar-refractivity contribution < 1.29 is 27.6 Å². The number of alkyl halides is 3. The Hall–Kier alpha value is -4.60. The Morgan fingerprint density at radius 3 is 2.59 bits per heavy atom. The smallest absolute Gasteiger partial charge is 0.356 e. The van der Waals surface area contributed by atoms with Crippen LogP contribution in [-0.4, -0.2) is 68.1 Å². The van der Waals surface area contributed by atoms with Crippen molar-refractivity contribution in [3.8, 4) is 0 Å². The third-order valence-corrected chi connectivity index (χ3v) is 7.23. The maximum absolute atomic E-state index is 13.7. The van der Waals surface area contributed by atoms with E-state index in [1.807, 2.05) is 0 Å². The predicted octanol–water partition coefficient (Wildman–Crippen LogP) is 2.39. The lowest BCUT2D eigenvalue weighted by atomic mass is 10.1. The molecule has 0 saturated heterocycles. The van der Waals surface area contributed by atoms with Gasteiger partial charge in [0.15, 0.2) is 5.82 Å².